The summed E-state index contributed by atoms with van der Waals surface area (Å²) in [6, 6.07) is 6.18. The number of ether oxygens (including phenoxy) is 1. The molecule has 3 aliphatic rings. The quantitative estimate of drug-likeness (QED) is 0.905. The van der Waals surface area contributed by atoms with Crippen molar-refractivity contribution >= 4 is 0 Å². The third-order valence-electron chi connectivity index (χ3n) is 6.43. The molecule has 0 aromatic carbocycles. The van der Waals surface area contributed by atoms with Gasteiger partial charge in [-0.25, -0.2) is 0 Å². The highest BCUT2D eigenvalue weighted by molar-refractivity contribution is 5.16. The Morgan fingerprint density at radius 2 is 1.68 bits per heavy atom. The van der Waals surface area contributed by atoms with Crippen LogP contribution in [-0.4, -0.2) is 47.7 Å². The number of aromatic nitrogens is 1. The smallest absolute Gasteiger partial charge is 0.0978 e. The molecular formula is C21H33N3O. The molecule has 4 rings (SSSR count). The zero-order valence-electron chi connectivity index (χ0n) is 15.4. The summed E-state index contributed by atoms with van der Waals surface area (Å²) in [5, 5.41) is 3.96. The normalized spacial score (nSPS) is 30.4. The van der Waals surface area contributed by atoms with Crippen LogP contribution in [-0.2, 0) is 4.74 Å². The number of nitrogens with zero attached hydrogens (tertiary/aromatic N) is 2. The van der Waals surface area contributed by atoms with Crippen molar-refractivity contribution in [2.45, 2.75) is 82.0 Å². The molecule has 1 N–H and O–H groups in total. The summed E-state index contributed by atoms with van der Waals surface area (Å²) in [6.45, 7) is 3.43. The van der Waals surface area contributed by atoms with E-state index in [-0.39, 0.29) is 6.10 Å². The van der Waals surface area contributed by atoms with Crippen molar-refractivity contribution in [1.29, 1.82) is 0 Å². The molecule has 2 aliphatic heterocycles. The van der Waals surface area contributed by atoms with Gasteiger partial charge in [-0.1, -0.05) is 19.3 Å². The zero-order valence-corrected chi connectivity index (χ0v) is 15.4. The molecule has 0 bridgehead atoms. The van der Waals surface area contributed by atoms with Gasteiger partial charge in [-0.05, 0) is 69.3 Å². The molecule has 0 unspecified atom stereocenters. The topological polar surface area (TPSA) is 37.4 Å². The largest absolute Gasteiger partial charge is 0.372 e. The monoisotopic (exact) mass is 343 g/mol. The number of hydrogen-bond donors (Lipinski definition) is 1. The first kappa shape index (κ1) is 17.4. The van der Waals surface area contributed by atoms with Crippen LogP contribution < -0.4 is 5.32 Å². The molecule has 25 heavy (non-hydrogen) atoms. The van der Waals surface area contributed by atoms with E-state index in [1.807, 2.05) is 12.4 Å². The minimum atomic E-state index is 0.188. The van der Waals surface area contributed by atoms with Crippen LogP contribution in [0.5, 0.6) is 0 Å². The van der Waals surface area contributed by atoms with Crippen molar-refractivity contribution in [1.82, 2.24) is 15.2 Å². The standard InChI is InChI=1S/C21H33N3O/c1-2-5-19(6-3-1)24-14-10-18(11-15-24)23-20-7-4-16-25-21(20)17-8-12-22-13-9-17/h8-9,12-13,18-21,23H,1-7,10-11,14-16H2/t20-,21+/m0/s1. The van der Waals surface area contributed by atoms with Gasteiger partial charge in [0.25, 0.3) is 0 Å². The highest BCUT2D eigenvalue weighted by atomic mass is 16.5. The Morgan fingerprint density at radius 1 is 0.920 bits per heavy atom. The number of pyridine rings is 1. The van der Waals surface area contributed by atoms with Crippen molar-refractivity contribution < 1.29 is 4.74 Å². The average molecular weight is 344 g/mol. The predicted octanol–water partition coefficient (Wildman–Crippen LogP) is 3.69. The van der Waals surface area contributed by atoms with Gasteiger partial charge in [0.2, 0.25) is 0 Å². The highest BCUT2D eigenvalue weighted by Gasteiger charge is 2.31. The first-order valence-electron chi connectivity index (χ1n) is 10.4. The second-order valence-electron chi connectivity index (χ2n) is 8.09. The molecule has 1 saturated carbocycles. The van der Waals surface area contributed by atoms with E-state index in [1.54, 1.807) is 0 Å². The molecule has 0 radical (unpaired) electrons. The van der Waals surface area contributed by atoms with E-state index in [4.69, 9.17) is 4.74 Å². The summed E-state index contributed by atoms with van der Waals surface area (Å²) < 4.78 is 6.13. The van der Waals surface area contributed by atoms with Gasteiger partial charge >= 0.3 is 0 Å². The minimum absolute atomic E-state index is 0.188. The van der Waals surface area contributed by atoms with E-state index in [9.17, 15) is 0 Å². The van der Waals surface area contributed by atoms with Gasteiger partial charge in [-0.2, -0.15) is 0 Å². The summed E-state index contributed by atoms with van der Waals surface area (Å²) in [4.78, 5) is 6.93. The SMILES string of the molecule is c1cc([C@H]2OCCC[C@@H]2NC2CCN(C3CCCCC3)CC2)ccn1. The highest BCUT2D eigenvalue weighted by Crippen LogP contribution is 2.30. The maximum atomic E-state index is 6.13. The number of piperidine rings is 1. The van der Waals surface area contributed by atoms with Crippen LogP contribution in [0.1, 0.15) is 69.5 Å². The van der Waals surface area contributed by atoms with Gasteiger partial charge in [0.15, 0.2) is 0 Å². The Morgan fingerprint density at radius 3 is 2.44 bits per heavy atom. The van der Waals surface area contributed by atoms with Gasteiger partial charge < -0.3 is 15.0 Å². The first-order valence-corrected chi connectivity index (χ1v) is 10.4. The van der Waals surface area contributed by atoms with E-state index < -0.39 is 0 Å². The molecule has 4 nitrogen and oxygen atoms in total. The number of rotatable bonds is 4. The fourth-order valence-corrected chi connectivity index (χ4v) is 5.01. The Hall–Kier alpha value is -0.970. The van der Waals surface area contributed by atoms with Gasteiger partial charge in [-0.15, -0.1) is 0 Å². The Labute approximate surface area is 152 Å². The van der Waals surface area contributed by atoms with E-state index in [1.165, 1.54) is 76.4 Å². The van der Waals surface area contributed by atoms with E-state index >= 15 is 0 Å². The van der Waals surface area contributed by atoms with E-state index in [0.717, 1.165) is 12.6 Å². The van der Waals surface area contributed by atoms with Crippen LogP contribution in [0.15, 0.2) is 24.5 Å². The van der Waals surface area contributed by atoms with Crippen LogP contribution >= 0.6 is 0 Å². The number of likely N-dealkylation sites (tertiary alicyclic amines) is 1. The fourth-order valence-electron chi connectivity index (χ4n) is 5.01. The van der Waals surface area contributed by atoms with Crippen molar-refractivity contribution in [3.8, 4) is 0 Å². The molecular weight excluding hydrogens is 310 g/mol. The molecule has 4 heteroatoms. The molecule has 3 fully saturated rings. The Kier molecular flexibility index (Phi) is 6.01. The summed E-state index contributed by atoms with van der Waals surface area (Å²) in [7, 11) is 0. The predicted molar refractivity (Wildman–Crippen MR) is 101 cm³/mol. The summed E-state index contributed by atoms with van der Waals surface area (Å²) in [5.41, 5.74) is 1.27. The molecule has 2 atom stereocenters. The van der Waals surface area contributed by atoms with Gasteiger partial charge in [-0.3, -0.25) is 4.98 Å². The first-order chi connectivity index (χ1) is 12.4. The van der Waals surface area contributed by atoms with Crippen molar-refractivity contribution in [2.24, 2.45) is 0 Å². The number of nitrogens with one attached hydrogen (secondary N) is 1. The zero-order chi connectivity index (χ0) is 16.9. The molecule has 138 valence electrons. The lowest BCUT2D eigenvalue weighted by Gasteiger charge is -2.42. The van der Waals surface area contributed by atoms with Crippen LogP contribution in [0.25, 0.3) is 0 Å². The molecule has 0 spiro atoms. The minimum Gasteiger partial charge on any atom is -0.372 e. The number of hydrogen-bond acceptors (Lipinski definition) is 4. The van der Waals surface area contributed by atoms with Crippen LogP contribution in [0.2, 0.25) is 0 Å². The van der Waals surface area contributed by atoms with Gasteiger partial charge in [0.05, 0.1) is 6.10 Å². The lowest BCUT2D eigenvalue weighted by Crippen LogP contribution is -2.51. The lowest BCUT2D eigenvalue weighted by molar-refractivity contribution is -0.0171. The summed E-state index contributed by atoms with van der Waals surface area (Å²) in [5.74, 6) is 0. The molecule has 1 aliphatic carbocycles. The molecule has 1 aromatic heterocycles. The average Bonchev–Trinajstić information content (AvgIpc) is 2.70. The lowest BCUT2D eigenvalue weighted by atomic mass is 9.91. The van der Waals surface area contributed by atoms with Crippen LogP contribution in [0.4, 0.5) is 0 Å². The summed E-state index contributed by atoms with van der Waals surface area (Å²) in [6.07, 6.45) is 16.1. The second-order valence-corrected chi connectivity index (χ2v) is 8.09. The maximum absolute atomic E-state index is 6.13. The summed E-state index contributed by atoms with van der Waals surface area (Å²) >= 11 is 0. The molecule has 0 amide bonds. The van der Waals surface area contributed by atoms with Gasteiger partial charge in [0.1, 0.15) is 0 Å². The Balaban J connectivity index is 1.31. The van der Waals surface area contributed by atoms with E-state index in [0.29, 0.717) is 12.1 Å². The van der Waals surface area contributed by atoms with E-state index in [2.05, 4.69) is 27.3 Å². The van der Waals surface area contributed by atoms with Crippen molar-refractivity contribution in [2.75, 3.05) is 19.7 Å². The second kappa shape index (κ2) is 8.61. The maximum Gasteiger partial charge on any atom is 0.0978 e. The fraction of sp³-hybridized carbons (Fsp3) is 0.762. The molecule has 3 heterocycles. The van der Waals surface area contributed by atoms with Gasteiger partial charge in [0, 0.05) is 37.1 Å². The molecule has 2 saturated heterocycles. The Bertz CT molecular complexity index is 509. The molecule has 1 aromatic rings. The third-order valence-corrected chi connectivity index (χ3v) is 6.43. The van der Waals surface area contributed by atoms with Crippen LogP contribution in [0.3, 0.4) is 0 Å². The van der Waals surface area contributed by atoms with Crippen molar-refractivity contribution in [3.63, 3.8) is 0 Å². The van der Waals surface area contributed by atoms with Crippen LogP contribution in [0, 0.1) is 0 Å². The third kappa shape index (κ3) is 4.42. The van der Waals surface area contributed by atoms with Crippen molar-refractivity contribution in [3.05, 3.63) is 30.1 Å².